The van der Waals surface area contributed by atoms with Crippen molar-refractivity contribution in [2.45, 2.75) is 57.8 Å². The van der Waals surface area contributed by atoms with Crippen LogP contribution in [0.4, 0.5) is 0 Å². The molecule has 9 nitrogen and oxygen atoms in total. The van der Waals surface area contributed by atoms with E-state index in [9.17, 15) is 24.0 Å². The summed E-state index contributed by atoms with van der Waals surface area (Å²) in [5.74, 6) is 0.510. The first-order valence-corrected chi connectivity index (χ1v) is 16.0. The van der Waals surface area contributed by atoms with Crippen molar-refractivity contribution in [2.75, 3.05) is 5.33 Å². The number of nitrogens with two attached hydrogens (primary N) is 4. The summed E-state index contributed by atoms with van der Waals surface area (Å²) in [6, 6.07) is 13.3. The van der Waals surface area contributed by atoms with Crippen LogP contribution in [-0.2, 0) is 19.2 Å². The lowest BCUT2D eigenvalue weighted by atomic mass is 9.49. The molecule has 4 saturated carbocycles. The molecule has 4 bridgehead atoms. The zero-order valence-corrected chi connectivity index (χ0v) is 26.1. The lowest BCUT2D eigenvalue weighted by Crippen LogP contribution is -2.52. The Labute approximate surface area is 259 Å². The van der Waals surface area contributed by atoms with Gasteiger partial charge >= 0.3 is 0 Å². The molecule has 4 amide bonds. The molecule has 8 N–H and O–H groups in total. The molecular formula is C31H41BrN4O5S. The summed E-state index contributed by atoms with van der Waals surface area (Å²) < 4.78 is 0. The van der Waals surface area contributed by atoms with Crippen LogP contribution in [0.15, 0.2) is 53.9 Å². The first-order valence-electron chi connectivity index (χ1n) is 14.0. The smallest absolute Gasteiger partial charge is 0.284 e. The van der Waals surface area contributed by atoms with Gasteiger partial charge in [-0.05, 0) is 79.7 Å². The van der Waals surface area contributed by atoms with Crippen LogP contribution in [0, 0.1) is 23.2 Å². The number of hydrogen-bond acceptors (Lipinski definition) is 6. The number of alkyl halides is 1. The summed E-state index contributed by atoms with van der Waals surface area (Å²) in [4.78, 5) is 53.2. The van der Waals surface area contributed by atoms with Crippen LogP contribution in [0.1, 0.15) is 73.0 Å². The number of hydrogen-bond donors (Lipinski definition) is 4. The van der Waals surface area contributed by atoms with E-state index in [0.717, 1.165) is 47.9 Å². The monoisotopic (exact) mass is 660 g/mol. The fourth-order valence-electron chi connectivity index (χ4n) is 6.06. The number of ketones is 1. The molecule has 0 spiro atoms. The minimum atomic E-state index is -0.837. The van der Waals surface area contributed by atoms with Crippen molar-refractivity contribution in [3.05, 3.63) is 64.4 Å². The number of carbonyl (C=O) groups is 5. The standard InChI is InChI=1S/C11H17NO.C10H11NO.C5H8BrNO2.C5H5NOS/c12-10(13)11-4-7-1-8(5-11)3-9(2-7)6-11;11-10(12)8-4-7-9-5-2-1-3-6-9;6-3-1-2-4(8)5(7)9;6-5(7)4-2-1-3-8-4/h7-9H,1-6H2,(H2,12,13);1-7H,8H2,(H2,11,12);1-3H2,(H2,7,9);1-3H,(H2,6,7). The number of rotatable bonds is 9. The summed E-state index contributed by atoms with van der Waals surface area (Å²) in [7, 11) is 0. The summed E-state index contributed by atoms with van der Waals surface area (Å²) >= 11 is 4.48. The van der Waals surface area contributed by atoms with E-state index in [1.807, 2.05) is 41.8 Å². The zero-order chi connectivity index (χ0) is 31.1. The van der Waals surface area contributed by atoms with Gasteiger partial charge in [0.05, 0.1) is 4.88 Å². The van der Waals surface area contributed by atoms with Crippen LogP contribution in [0.25, 0.3) is 6.08 Å². The maximum absolute atomic E-state index is 11.5. The molecule has 0 aliphatic heterocycles. The lowest BCUT2D eigenvalue weighted by Gasteiger charge is -2.55. The molecule has 4 aliphatic carbocycles. The van der Waals surface area contributed by atoms with Crippen molar-refractivity contribution < 1.29 is 24.0 Å². The number of thiophene rings is 1. The molecule has 0 atom stereocenters. The predicted octanol–water partition coefficient (Wildman–Crippen LogP) is 4.33. The minimum Gasteiger partial charge on any atom is -0.369 e. The van der Waals surface area contributed by atoms with E-state index in [1.54, 1.807) is 18.2 Å². The fourth-order valence-corrected chi connectivity index (χ4v) is 6.91. The Bertz CT molecular complexity index is 1180. The van der Waals surface area contributed by atoms with Crippen LogP contribution in [0.2, 0.25) is 0 Å². The zero-order valence-electron chi connectivity index (χ0n) is 23.7. The predicted molar refractivity (Wildman–Crippen MR) is 169 cm³/mol. The van der Waals surface area contributed by atoms with Gasteiger partial charge in [-0.2, -0.15) is 0 Å². The Morgan fingerprint density at radius 2 is 1.43 bits per heavy atom. The van der Waals surface area contributed by atoms with Gasteiger partial charge < -0.3 is 22.9 Å². The van der Waals surface area contributed by atoms with Crippen molar-refractivity contribution in [1.82, 2.24) is 0 Å². The second-order valence-corrected chi connectivity index (χ2v) is 12.7. The first kappa shape index (κ1) is 34.9. The number of primary amides is 4. The molecule has 0 unspecified atom stereocenters. The molecule has 6 rings (SSSR count). The fraction of sp³-hybridized carbons (Fsp3) is 0.452. The second-order valence-electron chi connectivity index (χ2n) is 11.0. The molecule has 11 heteroatoms. The molecule has 228 valence electrons. The maximum atomic E-state index is 11.5. The highest BCUT2D eigenvalue weighted by Gasteiger charge is 2.53. The SMILES string of the molecule is NC(=O)C(=O)CCCBr.NC(=O)C12CC3CC(CC(C3)C1)C2.NC(=O)CC=Cc1ccccc1.NC(=O)c1cccs1. The van der Waals surface area contributed by atoms with E-state index >= 15 is 0 Å². The van der Waals surface area contributed by atoms with Gasteiger partial charge in [0.15, 0.2) is 0 Å². The van der Waals surface area contributed by atoms with Gasteiger partial charge in [-0.25, -0.2) is 0 Å². The highest BCUT2D eigenvalue weighted by molar-refractivity contribution is 9.09. The van der Waals surface area contributed by atoms with Gasteiger partial charge in [0.25, 0.3) is 11.8 Å². The third-order valence-corrected chi connectivity index (χ3v) is 9.01. The van der Waals surface area contributed by atoms with Crippen molar-refractivity contribution in [1.29, 1.82) is 0 Å². The van der Waals surface area contributed by atoms with Gasteiger partial charge in [-0.1, -0.05) is 64.5 Å². The normalized spacial score (nSPS) is 22.8. The van der Waals surface area contributed by atoms with Crippen LogP contribution in [0.5, 0.6) is 0 Å². The molecule has 4 fully saturated rings. The molecule has 0 radical (unpaired) electrons. The Balaban J connectivity index is 0.000000200. The molecule has 1 aromatic heterocycles. The Kier molecular flexibility index (Phi) is 14.6. The van der Waals surface area contributed by atoms with Crippen LogP contribution >= 0.6 is 27.3 Å². The van der Waals surface area contributed by atoms with Crippen LogP contribution < -0.4 is 22.9 Å². The number of benzene rings is 1. The molecule has 4 aliphatic rings. The van der Waals surface area contributed by atoms with Crippen molar-refractivity contribution >= 4 is 62.8 Å². The van der Waals surface area contributed by atoms with Crippen LogP contribution in [-0.4, -0.2) is 34.7 Å². The third-order valence-electron chi connectivity index (χ3n) is 7.57. The van der Waals surface area contributed by atoms with Gasteiger partial charge in [0.1, 0.15) is 0 Å². The van der Waals surface area contributed by atoms with E-state index in [2.05, 4.69) is 21.7 Å². The third kappa shape index (κ3) is 11.9. The van der Waals surface area contributed by atoms with Gasteiger partial charge in [-0.3, -0.25) is 24.0 Å². The Morgan fingerprint density at radius 3 is 1.81 bits per heavy atom. The Hall–Kier alpha value is -3.31. The number of amides is 4. The highest BCUT2D eigenvalue weighted by Crippen LogP contribution is 2.59. The van der Waals surface area contributed by atoms with Gasteiger partial charge in [0, 0.05) is 23.6 Å². The molecule has 1 aromatic carbocycles. The minimum absolute atomic E-state index is 0.00778. The average Bonchev–Trinajstić information content (AvgIpc) is 3.48. The summed E-state index contributed by atoms with van der Waals surface area (Å²) in [5.41, 5.74) is 21.1. The Morgan fingerprint density at radius 1 is 0.857 bits per heavy atom. The van der Waals surface area contributed by atoms with Crippen molar-refractivity contribution in [3.8, 4) is 0 Å². The average molecular weight is 662 g/mol. The van der Waals surface area contributed by atoms with E-state index in [1.165, 1.54) is 30.6 Å². The van der Waals surface area contributed by atoms with Crippen molar-refractivity contribution in [3.63, 3.8) is 0 Å². The van der Waals surface area contributed by atoms with E-state index < -0.39 is 11.7 Å². The topological polar surface area (TPSA) is 189 Å². The van der Waals surface area contributed by atoms with Crippen LogP contribution in [0.3, 0.4) is 0 Å². The first-order chi connectivity index (χ1) is 20.0. The summed E-state index contributed by atoms with van der Waals surface area (Å²) in [6.45, 7) is 0. The van der Waals surface area contributed by atoms with E-state index in [-0.39, 0.29) is 29.6 Å². The molecule has 1 heterocycles. The summed E-state index contributed by atoms with van der Waals surface area (Å²) in [5, 5.41) is 2.55. The molecule has 42 heavy (non-hydrogen) atoms. The lowest BCUT2D eigenvalue weighted by molar-refractivity contribution is -0.142. The quantitative estimate of drug-likeness (QED) is 0.230. The maximum Gasteiger partial charge on any atom is 0.284 e. The molecule has 2 aromatic rings. The van der Waals surface area contributed by atoms with Gasteiger partial charge in [0.2, 0.25) is 17.6 Å². The number of carbonyl (C=O) groups excluding carboxylic acids is 5. The summed E-state index contributed by atoms with van der Waals surface area (Å²) in [6.07, 6.45) is 12.3. The van der Waals surface area contributed by atoms with Gasteiger partial charge in [-0.15, -0.1) is 11.3 Å². The number of Topliss-reactive ketones (excluding diaryl/α,β-unsaturated/α-hetero) is 1. The highest BCUT2D eigenvalue weighted by atomic mass is 79.9. The number of halogens is 1. The van der Waals surface area contributed by atoms with E-state index in [4.69, 9.17) is 17.2 Å². The second kappa shape index (κ2) is 17.6. The largest absolute Gasteiger partial charge is 0.369 e. The van der Waals surface area contributed by atoms with E-state index in [0.29, 0.717) is 17.7 Å². The molecule has 0 saturated heterocycles. The molecular weight excluding hydrogens is 620 g/mol. The van der Waals surface area contributed by atoms with Crippen molar-refractivity contribution in [2.24, 2.45) is 46.1 Å².